The number of fused-ring (bicyclic) bond motifs is 6. The maximum Gasteiger partial charge on any atom is 0.235 e. The van der Waals surface area contributed by atoms with Crippen LogP contribution in [0.3, 0.4) is 0 Å². The first-order chi connectivity index (χ1) is 18.8. The molecule has 0 saturated carbocycles. The summed E-state index contributed by atoms with van der Waals surface area (Å²) in [5.74, 6) is 0.741. The number of benzene rings is 3. The number of nitrogens with zero attached hydrogens (tertiary/aromatic N) is 3. The van der Waals surface area contributed by atoms with Crippen molar-refractivity contribution in [2.45, 2.75) is 46.0 Å². The fraction of sp³-hybridized carbons (Fsp3) is 0.222. The second-order valence-corrected chi connectivity index (χ2v) is 12.3. The van der Waals surface area contributed by atoms with Crippen LogP contribution < -0.4 is 10.6 Å². The highest BCUT2D eigenvalue weighted by molar-refractivity contribution is 6.09. The Labute approximate surface area is 228 Å². The zero-order valence-electron chi connectivity index (χ0n) is 22.9. The highest BCUT2D eigenvalue weighted by Crippen LogP contribution is 2.54. The Hall–Kier alpha value is -4.24. The average molecular weight is 506 g/mol. The normalized spacial score (nSPS) is 18.4. The molecule has 8 rings (SSSR count). The predicted octanol–water partition coefficient (Wildman–Crippen LogP) is 7.10. The summed E-state index contributed by atoms with van der Waals surface area (Å²) in [5, 5.41) is 4.65. The molecular formula is C36H31N3. The van der Waals surface area contributed by atoms with Crippen molar-refractivity contribution >= 4 is 45.1 Å². The van der Waals surface area contributed by atoms with Gasteiger partial charge < -0.3 is 0 Å². The van der Waals surface area contributed by atoms with Crippen LogP contribution in [0.1, 0.15) is 57.4 Å². The van der Waals surface area contributed by atoms with Gasteiger partial charge in [-0.15, -0.1) is 0 Å². The van der Waals surface area contributed by atoms with E-state index in [0.29, 0.717) is 0 Å². The Balaban J connectivity index is 1.45. The third-order valence-corrected chi connectivity index (χ3v) is 8.89. The number of hydrogen-bond donors (Lipinski definition) is 0. The molecule has 0 amide bonds. The lowest BCUT2D eigenvalue weighted by atomic mass is 9.75. The molecule has 0 saturated heterocycles. The molecule has 0 N–H and O–H groups in total. The van der Waals surface area contributed by atoms with E-state index < -0.39 is 0 Å². The lowest BCUT2D eigenvalue weighted by molar-refractivity contribution is 0.654. The molecule has 0 spiro atoms. The van der Waals surface area contributed by atoms with E-state index >= 15 is 0 Å². The van der Waals surface area contributed by atoms with Crippen LogP contribution >= 0.6 is 0 Å². The summed E-state index contributed by atoms with van der Waals surface area (Å²) < 4.78 is 2.25. The smallest absolute Gasteiger partial charge is 0.235 e. The van der Waals surface area contributed by atoms with E-state index in [1.807, 2.05) is 0 Å². The lowest BCUT2D eigenvalue weighted by Gasteiger charge is -2.29. The molecule has 5 aromatic rings. The van der Waals surface area contributed by atoms with E-state index in [9.17, 15) is 0 Å². The van der Waals surface area contributed by atoms with Crippen LogP contribution in [0.2, 0.25) is 0 Å². The van der Waals surface area contributed by atoms with Gasteiger partial charge in [-0.25, -0.2) is 9.97 Å². The molecule has 3 aromatic carbocycles. The number of para-hydroxylation sites is 2. The molecule has 0 fully saturated rings. The summed E-state index contributed by atoms with van der Waals surface area (Å²) in [6.45, 7) is 9.27. The molecule has 3 nitrogen and oxygen atoms in total. The van der Waals surface area contributed by atoms with Gasteiger partial charge in [-0.2, -0.15) is 0 Å². The summed E-state index contributed by atoms with van der Waals surface area (Å²) in [5.41, 5.74) is 10.2. The molecule has 190 valence electrons. The maximum atomic E-state index is 5.46. The standard InChI is InChI=1S/C36H31N3/c1-35(2)20-27-29(21-35)37-34(39-30-18-9-6-13-23(30)24-14-7-10-19-31(24)39)38-33(27)26-16-11-15-25-22-12-5-8-17-28(22)36(3,4)32(25)26/h5-10,12-14,16-21H,11,15H2,1-4H3. The van der Waals surface area contributed by atoms with E-state index in [2.05, 4.69) is 123 Å². The van der Waals surface area contributed by atoms with Crippen LogP contribution in [0.4, 0.5) is 0 Å². The minimum atomic E-state index is -0.0825. The van der Waals surface area contributed by atoms with Gasteiger partial charge in [0.25, 0.3) is 0 Å². The third kappa shape index (κ3) is 3.10. The van der Waals surface area contributed by atoms with Crippen LogP contribution in [0.5, 0.6) is 0 Å². The molecule has 3 aliphatic carbocycles. The third-order valence-electron chi connectivity index (χ3n) is 8.89. The van der Waals surface area contributed by atoms with Crippen molar-refractivity contribution in [2.75, 3.05) is 0 Å². The summed E-state index contributed by atoms with van der Waals surface area (Å²) >= 11 is 0. The van der Waals surface area contributed by atoms with E-state index in [4.69, 9.17) is 9.97 Å². The highest BCUT2D eigenvalue weighted by Gasteiger charge is 2.41. The molecule has 39 heavy (non-hydrogen) atoms. The van der Waals surface area contributed by atoms with E-state index in [1.165, 1.54) is 38.6 Å². The zero-order valence-corrected chi connectivity index (χ0v) is 22.9. The van der Waals surface area contributed by atoms with Gasteiger partial charge in [-0.05, 0) is 53.3 Å². The molecule has 2 aromatic heterocycles. The van der Waals surface area contributed by atoms with Gasteiger partial charge in [0.05, 0.1) is 22.1 Å². The van der Waals surface area contributed by atoms with Crippen LogP contribution in [0, 0.1) is 5.41 Å². The van der Waals surface area contributed by atoms with Gasteiger partial charge >= 0.3 is 0 Å². The van der Waals surface area contributed by atoms with E-state index in [1.54, 1.807) is 0 Å². The predicted molar refractivity (Wildman–Crippen MR) is 162 cm³/mol. The Bertz CT molecular complexity index is 2010. The van der Waals surface area contributed by atoms with Crippen molar-refractivity contribution in [1.29, 1.82) is 0 Å². The molecule has 0 atom stereocenters. The fourth-order valence-corrected chi connectivity index (χ4v) is 7.31. The molecule has 2 heterocycles. The average Bonchev–Trinajstić information content (AvgIpc) is 3.52. The van der Waals surface area contributed by atoms with Crippen LogP contribution in [-0.4, -0.2) is 14.5 Å². The molecule has 0 bridgehead atoms. The Morgan fingerprint density at radius 3 is 2.15 bits per heavy atom. The van der Waals surface area contributed by atoms with Gasteiger partial charge in [-0.1, -0.05) is 101 Å². The van der Waals surface area contributed by atoms with Crippen LogP contribution in [0.25, 0.3) is 51.1 Å². The molecule has 0 radical (unpaired) electrons. The SMILES string of the molecule is CC1(C)C=c2nc(-n3c4ccccc4c4ccccc43)nc(C3=CCCC4=C3C(C)(C)c3ccccc34)c2=C1. The molecular weight excluding hydrogens is 474 g/mol. The summed E-state index contributed by atoms with van der Waals surface area (Å²) in [4.78, 5) is 10.7. The Morgan fingerprint density at radius 2 is 1.41 bits per heavy atom. The Morgan fingerprint density at radius 1 is 0.744 bits per heavy atom. The maximum absolute atomic E-state index is 5.46. The second-order valence-electron chi connectivity index (χ2n) is 12.3. The first kappa shape index (κ1) is 22.7. The number of allylic oxidation sites excluding steroid dienone is 4. The van der Waals surface area contributed by atoms with Crippen LogP contribution in [-0.2, 0) is 5.41 Å². The van der Waals surface area contributed by atoms with Crippen molar-refractivity contribution in [1.82, 2.24) is 14.5 Å². The minimum absolute atomic E-state index is 0.0776. The Kier molecular flexibility index (Phi) is 4.46. The summed E-state index contributed by atoms with van der Waals surface area (Å²) in [6, 6.07) is 26.2. The first-order valence-electron chi connectivity index (χ1n) is 14.0. The lowest BCUT2D eigenvalue weighted by Crippen LogP contribution is -2.33. The highest BCUT2D eigenvalue weighted by atomic mass is 15.2. The van der Waals surface area contributed by atoms with Crippen molar-refractivity contribution in [3.63, 3.8) is 0 Å². The van der Waals surface area contributed by atoms with Gasteiger partial charge in [-0.3, -0.25) is 4.57 Å². The topological polar surface area (TPSA) is 30.7 Å². The van der Waals surface area contributed by atoms with Crippen molar-refractivity contribution in [2.24, 2.45) is 5.41 Å². The summed E-state index contributed by atoms with van der Waals surface area (Å²) in [6.07, 6.45) is 9.20. The van der Waals surface area contributed by atoms with E-state index in [-0.39, 0.29) is 10.8 Å². The number of rotatable bonds is 2. The van der Waals surface area contributed by atoms with E-state index in [0.717, 1.165) is 46.1 Å². The molecule has 3 aliphatic rings. The second kappa shape index (κ2) is 7.66. The van der Waals surface area contributed by atoms with Crippen molar-refractivity contribution in [3.05, 3.63) is 112 Å². The van der Waals surface area contributed by atoms with Gasteiger partial charge in [0.2, 0.25) is 5.95 Å². The van der Waals surface area contributed by atoms with Crippen molar-refractivity contribution in [3.8, 4) is 5.95 Å². The number of aromatic nitrogens is 3. The van der Waals surface area contributed by atoms with Gasteiger partial charge in [0.15, 0.2) is 0 Å². The summed E-state index contributed by atoms with van der Waals surface area (Å²) in [7, 11) is 0. The first-order valence-corrected chi connectivity index (χ1v) is 14.0. The monoisotopic (exact) mass is 505 g/mol. The number of hydrogen-bond acceptors (Lipinski definition) is 2. The fourth-order valence-electron chi connectivity index (χ4n) is 7.31. The quantitative estimate of drug-likeness (QED) is 0.256. The van der Waals surface area contributed by atoms with Gasteiger partial charge in [0, 0.05) is 32.4 Å². The van der Waals surface area contributed by atoms with Crippen LogP contribution in [0.15, 0.2) is 84.4 Å². The largest absolute Gasteiger partial charge is 0.278 e. The zero-order chi connectivity index (χ0) is 26.5. The molecule has 3 heteroatoms. The molecule has 0 unspecified atom stereocenters. The molecule has 0 aliphatic heterocycles. The van der Waals surface area contributed by atoms with Crippen molar-refractivity contribution < 1.29 is 0 Å². The minimum Gasteiger partial charge on any atom is -0.278 e. The van der Waals surface area contributed by atoms with Gasteiger partial charge in [0.1, 0.15) is 0 Å².